The third-order valence-corrected chi connectivity index (χ3v) is 10.1. The minimum atomic E-state index is -0.232. The van der Waals surface area contributed by atoms with Crippen molar-refractivity contribution in [1.29, 1.82) is 0 Å². The Bertz CT molecular complexity index is 699. The van der Waals surface area contributed by atoms with Gasteiger partial charge in [-0.2, -0.15) is 0 Å². The van der Waals surface area contributed by atoms with Gasteiger partial charge >= 0.3 is 0 Å². The molecule has 29 heavy (non-hydrogen) atoms. The Morgan fingerprint density at radius 1 is 0.966 bits per heavy atom. The van der Waals surface area contributed by atoms with Gasteiger partial charge in [-0.3, -0.25) is 0 Å². The van der Waals surface area contributed by atoms with Crippen LogP contribution in [0.3, 0.4) is 0 Å². The molecule has 1 heteroatoms. The highest BCUT2D eigenvalue weighted by atomic mass is 16.3. The SMILES string of the molecule is CC(C)[C@@H](C)C=C[C@@H](C)[C@H]1CC[C@H]2[C@@H]3C=CC4=C[C@H](O)CC[C@]4(C)[C@H]3CC[C@]12C. The molecule has 0 radical (unpaired) electrons. The van der Waals surface area contributed by atoms with Crippen LogP contribution in [-0.2, 0) is 0 Å². The van der Waals surface area contributed by atoms with Crippen LogP contribution in [0.4, 0.5) is 0 Å². The lowest BCUT2D eigenvalue weighted by atomic mass is 9.48. The smallest absolute Gasteiger partial charge is 0.0727 e. The van der Waals surface area contributed by atoms with Crippen molar-refractivity contribution in [3.8, 4) is 0 Å². The van der Waals surface area contributed by atoms with Gasteiger partial charge in [0.25, 0.3) is 0 Å². The molecule has 0 aromatic rings. The third kappa shape index (κ3) is 3.50. The molecule has 2 saturated carbocycles. The first-order valence-corrected chi connectivity index (χ1v) is 12.4. The zero-order valence-electron chi connectivity index (χ0n) is 19.7. The summed E-state index contributed by atoms with van der Waals surface area (Å²) in [6, 6.07) is 0. The molecule has 0 spiro atoms. The Labute approximate surface area is 179 Å². The first-order chi connectivity index (χ1) is 13.7. The monoisotopic (exact) mass is 396 g/mol. The molecule has 0 saturated heterocycles. The van der Waals surface area contributed by atoms with Gasteiger partial charge in [-0.25, -0.2) is 0 Å². The Hall–Kier alpha value is -0.820. The Balaban J connectivity index is 1.56. The maximum Gasteiger partial charge on any atom is 0.0727 e. The molecule has 0 amide bonds. The zero-order chi connectivity index (χ0) is 21.0. The van der Waals surface area contributed by atoms with E-state index in [0.29, 0.717) is 17.3 Å². The molecule has 162 valence electrons. The summed E-state index contributed by atoms with van der Waals surface area (Å²) in [5.41, 5.74) is 2.20. The maximum atomic E-state index is 10.2. The fourth-order valence-electron chi connectivity index (χ4n) is 7.75. The molecule has 4 aliphatic carbocycles. The largest absolute Gasteiger partial charge is 0.389 e. The number of rotatable bonds is 4. The van der Waals surface area contributed by atoms with E-state index in [9.17, 15) is 5.11 Å². The van der Waals surface area contributed by atoms with Gasteiger partial charge in [0.05, 0.1) is 6.10 Å². The summed E-state index contributed by atoms with van der Waals surface area (Å²) < 4.78 is 0. The van der Waals surface area contributed by atoms with Crippen LogP contribution >= 0.6 is 0 Å². The topological polar surface area (TPSA) is 20.2 Å². The van der Waals surface area contributed by atoms with Crippen molar-refractivity contribution in [1.82, 2.24) is 0 Å². The molecule has 4 aliphatic rings. The zero-order valence-corrected chi connectivity index (χ0v) is 19.7. The second-order valence-electron chi connectivity index (χ2n) is 11.9. The minimum absolute atomic E-state index is 0.232. The van der Waals surface area contributed by atoms with Crippen LogP contribution in [0.25, 0.3) is 0 Å². The lowest BCUT2D eigenvalue weighted by molar-refractivity contribution is -0.0254. The molecular weight excluding hydrogens is 352 g/mol. The van der Waals surface area contributed by atoms with E-state index in [1.165, 1.54) is 31.3 Å². The van der Waals surface area contributed by atoms with Gasteiger partial charge in [-0.1, -0.05) is 71.9 Å². The van der Waals surface area contributed by atoms with E-state index in [1.54, 1.807) is 0 Å². The lowest BCUT2D eigenvalue weighted by Crippen LogP contribution is -2.49. The van der Waals surface area contributed by atoms with Gasteiger partial charge in [0, 0.05) is 0 Å². The molecule has 0 bridgehead atoms. The summed E-state index contributed by atoms with van der Waals surface area (Å²) >= 11 is 0. The summed E-state index contributed by atoms with van der Waals surface area (Å²) in [7, 11) is 0. The van der Waals surface area contributed by atoms with E-state index in [2.05, 4.69) is 71.9 Å². The summed E-state index contributed by atoms with van der Waals surface area (Å²) in [4.78, 5) is 0. The van der Waals surface area contributed by atoms with Crippen molar-refractivity contribution in [3.63, 3.8) is 0 Å². The lowest BCUT2D eigenvalue weighted by Gasteiger charge is -2.56. The summed E-state index contributed by atoms with van der Waals surface area (Å²) in [6.45, 7) is 14.6. The van der Waals surface area contributed by atoms with E-state index in [1.807, 2.05) is 0 Å². The van der Waals surface area contributed by atoms with Crippen molar-refractivity contribution in [2.24, 2.45) is 52.3 Å². The van der Waals surface area contributed by atoms with Crippen molar-refractivity contribution in [3.05, 3.63) is 36.0 Å². The van der Waals surface area contributed by atoms with Crippen LogP contribution in [0.2, 0.25) is 0 Å². The predicted octanol–water partition coefficient (Wildman–Crippen LogP) is 7.19. The van der Waals surface area contributed by atoms with E-state index in [0.717, 1.165) is 42.4 Å². The molecule has 0 unspecified atom stereocenters. The number of fused-ring (bicyclic) bond motifs is 5. The van der Waals surface area contributed by atoms with Crippen molar-refractivity contribution in [2.45, 2.75) is 86.2 Å². The highest BCUT2D eigenvalue weighted by Gasteiger charge is 2.58. The molecule has 0 aromatic carbocycles. The Kier molecular flexibility index (Phi) is 5.69. The Morgan fingerprint density at radius 3 is 2.45 bits per heavy atom. The number of aliphatic hydroxyl groups excluding tert-OH is 1. The quantitative estimate of drug-likeness (QED) is 0.499. The normalized spacial score (nSPS) is 46.2. The highest BCUT2D eigenvalue weighted by Crippen LogP contribution is 2.66. The number of aliphatic hydroxyl groups is 1. The molecule has 1 N–H and O–H groups in total. The average molecular weight is 397 g/mol. The van der Waals surface area contributed by atoms with Gasteiger partial charge in [0.1, 0.15) is 0 Å². The standard InChI is InChI=1S/C28H44O/c1-18(2)19(3)7-8-20(4)24-11-12-25-23-10-9-21-17-22(29)13-15-27(21,5)26(23)14-16-28(24,25)6/h7-10,17-20,22-26,29H,11-16H2,1-6H3/t19-,20+,22+,23-,24+,25-,26-,27-,28+/m0/s1. The molecule has 1 nitrogen and oxygen atoms in total. The molecule has 9 atom stereocenters. The van der Waals surface area contributed by atoms with Gasteiger partial charge in [-0.05, 0) is 96.4 Å². The van der Waals surface area contributed by atoms with Gasteiger partial charge in [0.15, 0.2) is 0 Å². The molecule has 0 aliphatic heterocycles. The second kappa shape index (κ2) is 7.70. The molecule has 0 aromatic heterocycles. The summed E-state index contributed by atoms with van der Waals surface area (Å²) in [6.07, 6.45) is 19.6. The molecule has 4 rings (SSSR count). The predicted molar refractivity (Wildman–Crippen MR) is 123 cm³/mol. The average Bonchev–Trinajstić information content (AvgIpc) is 3.03. The van der Waals surface area contributed by atoms with Crippen LogP contribution in [0.1, 0.15) is 80.1 Å². The van der Waals surface area contributed by atoms with E-state index in [-0.39, 0.29) is 11.5 Å². The van der Waals surface area contributed by atoms with Crippen LogP contribution in [0.5, 0.6) is 0 Å². The van der Waals surface area contributed by atoms with Crippen molar-refractivity contribution < 1.29 is 5.11 Å². The first kappa shape index (κ1) is 21.4. The number of hydrogen-bond donors (Lipinski definition) is 1. The van der Waals surface area contributed by atoms with E-state index >= 15 is 0 Å². The van der Waals surface area contributed by atoms with Gasteiger partial charge in [-0.15, -0.1) is 0 Å². The van der Waals surface area contributed by atoms with Crippen molar-refractivity contribution in [2.75, 3.05) is 0 Å². The second-order valence-corrected chi connectivity index (χ2v) is 11.9. The number of allylic oxidation sites excluding steroid dienone is 5. The fourth-order valence-corrected chi connectivity index (χ4v) is 7.75. The van der Waals surface area contributed by atoms with Crippen LogP contribution in [-0.4, -0.2) is 11.2 Å². The molecular formula is C28H44O. The minimum Gasteiger partial charge on any atom is -0.389 e. The van der Waals surface area contributed by atoms with Crippen LogP contribution in [0, 0.1) is 52.3 Å². The van der Waals surface area contributed by atoms with Crippen LogP contribution in [0.15, 0.2) is 36.0 Å². The summed E-state index contributed by atoms with van der Waals surface area (Å²) in [5.74, 6) is 5.26. The van der Waals surface area contributed by atoms with Crippen LogP contribution < -0.4 is 0 Å². The third-order valence-electron chi connectivity index (χ3n) is 10.1. The Morgan fingerprint density at radius 2 is 1.72 bits per heavy atom. The fraction of sp³-hybridized carbons (Fsp3) is 0.786. The highest BCUT2D eigenvalue weighted by molar-refractivity contribution is 5.36. The first-order valence-electron chi connectivity index (χ1n) is 12.4. The van der Waals surface area contributed by atoms with Gasteiger partial charge in [0.2, 0.25) is 0 Å². The molecule has 2 fully saturated rings. The van der Waals surface area contributed by atoms with E-state index in [4.69, 9.17) is 0 Å². The van der Waals surface area contributed by atoms with E-state index < -0.39 is 0 Å². The summed E-state index contributed by atoms with van der Waals surface area (Å²) in [5, 5.41) is 10.2. The maximum absolute atomic E-state index is 10.2. The number of hydrogen-bond acceptors (Lipinski definition) is 1. The van der Waals surface area contributed by atoms with Gasteiger partial charge < -0.3 is 5.11 Å². The van der Waals surface area contributed by atoms with Crippen molar-refractivity contribution >= 4 is 0 Å². The molecule has 0 heterocycles.